The number of hydrogen-bond donors (Lipinski definition) is 2. The van der Waals surface area contributed by atoms with Crippen molar-refractivity contribution in [2.75, 3.05) is 6.61 Å². The van der Waals surface area contributed by atoms with Crippen molar-refractivity contribution < 1.29 is 5.11 Å². The highest BCUT2D eigenvalue weighted by molar-refractivity contribution is 5.40. The Balaban J connectivity index is 2.25. The highest BCUT2D eigenvalue weighted by Crippen LogP contribution is 2.24. The first kappa shape index (κ1) is 17.6. The van der Waals surface area contributed by atoms with E-state index in [0.717, 1.165) is 11.4 Å². The summed E-state index contributed by atoms with van der Waals surface area (Å²) >= 11 is 0. The van der Waals surface area contributed by atoms with Crippen molar-refractivity contribution in [1.29, 1.82) is 0 Å². The Morgan fingerprint density at radius 2 is 1.57 bits per heavy atom. The van der Waals surface area contributed by atoms with Crippen LogP contribution < -0.4 is 5.32 Å². The lowest BCUT2D eigenvalue weighted by atomic mass is 9.94. The van der Waals surface area contributed by atoms with Gasteiger partial charge < -0.3 is 10.4 Å². The van der Waals surface area contributed by atoms with Gasteiger partial charge in [0, 0.05) is 17.9 Å². The molecule has 1 aromatic carbocycles. The molecule has 0 spiro atoms. The zero-order chi connectivity index (χ0) is 17.1. The van der Waals surface area contributed by atoms with Crippen molar-refractivity contribution >= 4 is 0 Å². The van der Waals surface area contributed by atoms with Crippen LogP contribution in [0.15, 0.2) is 18.2 Å². The lowest BCUT2D eigenvalue weighted by molar-refractivity contribution is 0.242. The van der Waals surface area contributed by atoms with Gasteiger partial charge >= 0.3 is 0 Å². The molecular weight excluding hydrogens is 284 g/mol. The van der Waals surface area contributed by atoms with Crippen LogP contribution >= 0.6 is 0 Å². The highest BCUT2D eigenvalue weighted by atomic mass is 16.3. The normalized spacial score (nSPS) is 12.5. The molecule has 0 aliphatic carbocycles. The molecule has 124 valence electrons. The number of benzene rings is 1. The zero-order valence-corrected chi connectivity index (χ0v) is 15.1. The van der Waals surface area contributed by atoms with Crippen LogP contribution in [0.3, 0.4) is 0 Å². The van der Waals surface area contributed by atoms with Crippen molar-refractivity contribution in [2.24, 2.45) is 0 Å². The molecular formula is C20H28N2O. The molecule has 2 rings (SSSR count). The second kappa shape index (κ2) is 7.24. The van der Waals surface area contributed by atoms with Crippen LogP contribution in [0.4, 0.5) is 0 Å². The molecule has 0 aliphatic rings. The SMILES string of the molecule is Cc1cc(C)c(C(CO)NCc2c(C)cc(C)nc2C)c(C)c1. The third kappa shape index (κ3) is 3.98. The number of rotatable bonds is 5. The Bertz CT molecular complexity index is 661. The van der Waals surface area contributed by atoms with Crippen molar-refractivity contribution in [2.45, 2.75) is 54.1 Å². The summed E-state index contributed by atoms with van der Waals surface area (Å²) in [6, 6.07) is 6.41. The Morgan fingerprint density at radius 3 is 2.09 bits per heavy atom. The van der Waals surface area contributed by atoms with Gasteiger partial charge in [-0.1, -0.05) is 17.7 Å². The van der Waals surface area contributed by atoms with Crippen molar-refractivity contribution in [3.8, 4) is 0 Å². The standard InChI is InChI=1S/C20H28N2O/c1-12-7-14(3)20(15(4)8-12)19(11-23)21-10-18-13(2)9-16(5)22-17(18)6/h7-9,19,21,23H,10-11H2,1-6H3. The maximum absolute atomic E-state index is 9.88. The summed E-state index contributed by atoms with van der Waals surface area (Å²) in [7, 11) is 0. The van der Waals surface area contributed by atoms with E-state index < -0.39 is 0 Å². The molecule has 2 aromatic rings. The second-order valence-electron chi connectivity index (χ2n) is 6.57. The number of pyridine rings is 1. The summed E-state index contributed by atoms with van der Waals surface area (Å²) in [5.41, 5.74) is 9.49. The molecule has 0 bridgehead atoms. The van der Waals surface area contributed by atoms with Crippen LogP contribution in [0.25, 0.3) is 0 Å². The van der Waals surface area contributed by atoms with E-state index in [0.29, 0.717) is 6.54 Å². The summed E-state index contributed by atoms with van der Waals surface area (Å²) < 4.78 is 0. The minimum Gasteiger partial charge on any atom is -0.394 e. The maximum atomic E-state index is 9.88. The van der Waals surface area contributed by atoms with Crippen molar-refractivity contribution in [3.05, 3.63) is 63.0 Å². The average molecular weight is 312 g/mol. The third-order valence-corrected chi connectivity index (χ3v) is 4.48. The predicted molar refractivity (Wildman–Crippen MR) is 95.8 cm³/mol. The fourth-order valence-corrected chi connectivity index (χ4v) is 3.54. The molecule has 3 nitrogen and oxygen atoms in total. The number of hydrogen-bond acceptors (Lipinski definition) is 3. The molecule has 1 aromatic heterocycles. The number of aliphatic hydroxyl groups is 1. The van der Waals surface area contributed by atoms with Crippen LogP contribution in [0.5, 0.6) is 0 Å². The molecule has 1 heterocycles. The van der Waals surface area contributed by atoms with Crippen LogP contribution in [0.2, 0.25) is 0 Å². The van der Waals surface area contributed by atoms with E-state index in [2.05, 4.69) is 56.2 Å². The Kier molecular flexibility index (Phi) is 5.55. The van der Waals surface area contributed by atoms with Gasteiger partial charge in [0.25, 0.3) is 0 Å². The molecule has 0 saturated heterocycles. The summed E-state index contributed by atoms with van der Waals surface area (Å²) in [5.74, 6) is 0. The zero-order valence-electron chi connectivity index (χ0n) is 15.1. The van der Waals surface area contributed by atoms with Gasteiger partial charge in [0.2, 0.25) is 0 Å². The number of nitrogens with zero attached hydrogens (tertiary/aromatic N) is 1. The molecule has 2 N–H and O–H groups in total. The molecule has 0 aliphatic heterocycles. The molecule has 0 saturated carbocycles. The van der Waals surface area contributed by atoms with E-state index >= 15 is 0 Å². The molecule has 0 fully saturated rings. The maximum Gasteiger partial charge on any atom is 0.0626 e. The quantitative estimate of drug-likeness (QED) is 0.883. The Morgan fingerprint density at radius 1 is 0.957 bits per heavy atom. The first-order valence-corrected chi connectivity index (χ1v) is 8.19. The van der Waals surface area contributed by atoms with E-state index in [-0.39, 0.29) is 12.6 Å². The van der Waals surface area contributed by atoms with Gasteiger partial charge in [-0.3, -0.25) is 4.98 Å². The number of aryl methyl sites for hydroxylation is 6. The molecule has 23 heavy (non-hydrogen) atoms. The van der Waals surface area contributed by atoms with Gasteiger partial charge in [-0.05, 0) is 75.4 Å². The van der Waals surface area contributed by atoms with Crippen LogP contribution in [-0.2, 0) is 6.54 Å². The Hall–Kier alpha value is -1.71. The smallest absolute Gasteiger partial charge is 0.0626 e. The minimum atomic E-state index is -0.0595. The number of aliphatic hydroxyl groups excluding tert-OH is 1. The summed E-state index contributed by atoms with van der Waals surface area (Å²) in [4.78, 5) is 4.56. The lowest BCUT2D eigenvalue weighted by Crippen LogP contribution is -2.26. The number of nitrogens with one attached hydrogen (secondary N) is 1. The summed E-state index contributed by atoms with van der Waals surface area (Å²) in [5, 5.41) is 13.4. The molecule has 0 radical (unpaired) electrons. The summed E-state index contributed by atoms with van der Waals surface area (Å²) in [6.07, 6.45) is 0. The largest absolute Gasteiger partial charge is 0.394 e. The predicted octanol–water partition coefficient (Wildman–Crippen LogP) is 3.76. The number of aromatic nitrogens is 1. The van der Waals surface area contributed by atoms with E-state index in [9.17, 15) is 5.11 Å². The molecule has 1 unspecified atom stereocenters. The van der Waals surface area contributed by atoms with Gasteiger partial charge in [-0.25, -0.2) is 0 Å². The van der Waals surface area contributed by atoms with Crippen LogP contribution in [0.1, 0.15) is 50.8 Å². The molecule has 3 heteroatoms. The van der Waals surface area contributed by atoms with Gasteiger partial charge in [0.1, 0.15) is 0 Å². The average Bonchev–Trinajstić information content (AvgIpc) is 2.42. The fourth-order valence-electron chi connectivity index (χ4n) is 3.54. The van der Waals surface area contributed by atoms with E-state index in [1.165, 1.54) is 33.4 Å². The van der Waals surface area contributed by atoms with Gasteiger partial charge in [-0.15, -0.1) is 0 Å². The van der Waals surface area contributed by atoms with Gasteiger partial charge in [0.05, 0.1) is 12.6 Å². The molecule has 1 atom stereocenters. The van der Waals surface area contributed by atoms with Crippen molar-refractivity contribution in [3.63, 3.8) is 0 Å². The molecule has 0 amide bonds. The topological polar surface area (TPSA) is 45.1 Å². The monoisotopic (exact) mass is 312 g/mol. The first-order valence-electron chi connectivity index (χ1n) is 8.19. The van der Waals surface area contributed by atoms with Gasteiger partial charge in [0.15, 0.2) is 0 Å². The second-order valence-corrected chi connectivity index (χ2v) is 6.57. The first-order chi connectivity index (χ1) is 10.8. The Labute approximate surface area is 139 Å². The fraction of sp³-hybridized carbons (Fsp3) is 0.450. The van der Waals surface area contributed by atoms with Gasteiger partial charge in [-0.2, -0.15) is 0 Å². The third-order valence-electron chi connectivity index (χ3n) is 4.48. The van der Waals surface area contributed by atoms with E-state index in [4.69, 9.17) is 0 Å². The van der Waals surface area contributed by atoms with Crippen molar-refractivity contribution in [1.82, 2.24) is 10.3 Å². The summed E-state index contributed by atoms with van der Waals surface area (Å²) in [6.45, 7) is 13.3. The van der Waals surface area contributed by atoms with Crippen LogP contribution in [-0.4, -0.2) is 16.7 Å². The highest BCUT2D eigenvalue weighted by Gasteiger charge is 2.16. The van der Waals surface area contributed by atoms with E-state index in [1.54, 1.807) is 0 Å². The minimum absolute atomic E-state index is 0.0595. The van der Waals surface area contributed by atoms with Crippen LogP contribution in [0, 0.1) is 41.5 Å². The lowest BCUT2D eigenvalue weighted by Gasteiger charge is -2.23. The van der Waals surface area contributed by atoms with E-state index in [1.807, 2.05) is 13.8 Å².